The summed E-state index contributed by atoms with van der Waals surface area (Å²) < 4.78 is 2.46. The van der Waals surface area contributed by atoms with Crippen LogP contribution in [0.15, 0.2) is 42.6 Å². The van der Waals surface area contributed by atoms with E-state index in [-0.39, 0.29) is 0 Å². The third-order valence-corrected chi connectivity index (χ3v) is 7.01. The summed E-state index contributed by atoms with van der Waals surface area (Å²) in [5.41, 5.74) is 10.8. The summed E-state index contributed by atoms with van der Waals surface area (Å²) >= 11 is 0. The van der Waals surface area contributed by atoms with E-state index in [1.807, 2.05) is 6.20 Å². The van der Waals surface area contributed by atoms with Crippen molar-refractivity contribution in [3.05, 3.63) is 59.7 Å². The third-order valence-electron chi connectivity index (χ3n) is 7.01. The number of aryl methyl sites for hydroxylation is 2. The van der Waals surface area contributed by atoms with Crippen molar-refractivity contribution in [3.8, 4) is 0 Å². The molecule has 5 nitrogen and oxygen atoms in total. The molecule has 2 N–H and O–H groups in total. The Hall–Kier alpha value is -2.24. The molecule has 2 atom stereocenters. The lowest BCUT2D eigenvalue weighted by atomic mass is 9.77. The van der Waals surface area contributed by atoms with Gasteiger partial charge < -0.3 is 10.3 Å². The van der Waals surface area contributed by atoms with Crippen molar-refractivity contribution in [1.29, 1.82) is 0 Å². The Labute approximate surface area is 179 Å². The Balaban J connectivity index is 1.45. The molecule has 3 aromatic rings. The van der Waals surface area contributed by atoms with Crippen LogP contribution in [0.2, 0.25) is 0 Å². The van der Waals surface area contributed by atoms with Crippen molar-refractivity contribution in [3.63, 3.8) is 0 Å². The van der Waals surface area contributed by atoms with E-state index in [9.17, 15) is 0 Å². The average molecular weight is 404 g/mol. The lowest BCUT2D eigenvalue weighted by Crippen LogP contribution is -2.41. The van der Waals surface area contributed by atoms with Gasteiger partial charge in [0.05, 0.1) is 29.3 Å². The van der Waals surface area contributed by atoms with Crippen molar-refractivity contribution in [2.45, 2.75) is 64.1 Å². The fourth-order valence-electron chi connectivity index (χ4n) is 5.57. The maximum atomic E-state index is 5.70. The van der Waals surface area contributed by atoms with E-state index in [4.69, 9.17) is 15.7 Å². The Morgan fingerprint density at radius 3 is 2.90 bits per heavy atom. The number of piperidine rings is 1. The number of aromatic nitrogens is 3. The molecule has 1 aliphatic carbocycles. The number of hydrogen-bond donors (Lipinski definition) is 1. The largest absolute Gasteiger partial charge is 0.330 e. The highest BCUT2D eigenvalue weighted by Gasteiger charge is 2.38. The lowest BCUT2D eigenvalue weighted by Gasteiger charge is -2.44. The van der Waals surface area contributed by atoms with Crippen molar-refractivity contribution < 1.29 is 0 Å². The summed E-state index contributed by atoms with van der Waals surface area (Å²) in [5, 5.41) is 0. The molecule has 2 aliphatic rings. The minimum Gasteiger partial charge on any atom is -0.330 e. The maximum absolute atomic E-state index is 5.70. The number of nitrogens with two attached hydrogens (primary N) is 1. The van der Waals surface area contributed by atoms with E-state index in [2.05, 4.69) is 45.9 Å². The van der Waals surface area contributed by atoms with Crippen LogP contribution in [0.4, 0.5) is 0 Å². The van der Waals surface area contributed by atoms with Crippen LogP contribution in [-0.2, 0) is 19.5 Å². The van der Waals surface area contributed by atoms with Crippen molar-refractivity contribution in [1.82, 2.24) is 19.4 Å². The minimum atomic E-state index is 0.439. The predicted octanol–water partition coefficient (Wildman–Crippen LogP) is 4.46. The number of fused-ring (bicyclic) bond motifs is 4. The third kappa shape index (κ3) is 3.77. The molecule has 1 aliphatic heterocycles. The highest BCUT2D eigenvalue weighted by Crippen LogP contribution is 2.43. The smallest absolute Gasteiger partial charge is 0.124 e. The molecule has 1 aromatic carbocycles. The van der Waals surface area contributed by atoms with Gasteiger partial charge in [0.15, 0.2) is 0 Å². The zero-order chi connectivity index (χ0) is 20.3. The van der Waals surface area contributed by atoms with Crippen LogP contribution in [0.1, 0.15) is 61.6 Å². The van der Waals surface area contributed by atoms with Crippen LogP contribution in [0.25, 0.3) is 11.0 Å². The minimum absolute atomic E-state index is 0.439. The Kier molecular flexibility index (Phi) is 5.82. The number of unbranched alkanes of at least 4 members (excludes halogenated alkanes) is 2. The summed E-state index contributed by atoms with van der Waals surface area (Å²) in [6.07, 6.45) is 10.5. The molecule has 2 aromatic heterocycles. The summed E-state index contributed by atoms with van der Waals surface area (Å²) in [4.78, 5) is 12.6. The fraction of sp³-hybridized carbons (Fsp3) is 0.520. The van der Waals surface area contributed by atoms with Gasteiger partial charge in [-0.15, -0.1) is 0 Å². The lowest BCUT2D eigenvalue weighted by molar-refractivity contribution is 0.0664. The first-order chi connectivity index (χ1) is 14.8. The van der Waals surface area contributed by atoms with Gasteiger partial charge in [0.2, 0.25) is 0 Å². The van der Waals surface area contributed by atoms with Gasteiger partial charge in [-0.3, -0.25) is 9.88 Å². The van der Waals surface area contributed by atoms with E-state index in [1.54, 1.807) is 0 Å². The molecule has 1 fully saturated rings. The van der Waals surface area contributed by atoms with E-state index in [1.165, 1.54) is 54.7 Å². The second kappa shape index (κ2) is 8.86. The monoisotopic (exact) mass is 403 g/mol. The SMILES string of the molecule is NCCCCCn1c(CN2CCC[C@@H]3CCc4cccnc4[C@@H]32)nc2ccccc21. The molecule has 30 heavy (non-hydrogen) atoms. The molecule has 0 radical (unpaired) electrons. The van der Waals surface area contributed by atoms with Gasteiger partial charge in [0.25, 0.3) is 0 Å². The van der Waals surface area contributed by atoms with Crippen molar-refractivity contribution in [2.24, 2.45) is 11.7 Å². The number of benzene rings is 1. The number of imidazole rings is 1. The van der Waals surface area contributed by atoms with Gasteiger partial charge in [-0.2, -0.15) is 0 Å². The van der Waals surface area contributed by atoms with Gasteiger partial charge >= 0.3 is 0 Å². The predicted molar refractivity (Wildman–Crippen MR) is 121 cm³/mol. The standard InChI is InChI=1S/C25H33N5/c26-14-4-1-5-17-30-22-11-3-2-10-21(22)28-23(30)18-29-16-7-9-20-13-12-19-8-6-15-27-24(19)25(20)29/h2-3,6,8,10-11,15,20,25H,1,4-5,7,9,12-14,16-18,26H2/t20-,25-/m1/s1. The Morgan fingerprint density at radius 1 is 1.03 bits per heavy atom. The number of para-hydroxylation sites is 2. The second-order valence-electron chi connectivity index (χ2n) is 8.92. The van der Waals surface area contributed by atoms with Gasteiger partial charge in [-0.05, 0) is 81.3 Å². The maximum Gasteiger partial charge on any atom is 0.124 e. The van der Waals surface area contributed by atoms with E-state index >= 15 is 0 Å². The highest BCUT2D eigenvalue weighted by molar-refractivity contribution is 5.75. The van der Waals surface area contributed by atoms with Crippen molar-refractivity contribution in [2.75, 3.05) is 13.1 Å². The molecule has 0 amide bonds. The molecule has 5 heteroatoms. The first-order valence-electron chi connectivity index (χ1n) is 11.7. The van der Waals surface area contributed by atoms with E-state index < -0.39 is 0 Å². The number of hydrogen-bond acceptors (Lipinski definition) is 4. The average Bonchev–Trinajstić information content (AvgIpc) is 3.13. The summed E-state index contributed by atoms with van der Waals surface area (Å²) in [5.74, 6) is 1.93. The molecule has 158 valence electrons. The fourth-order valence-corrected chi connectivity index (χ4v) is 5.57. The zero-order valence-electron chi connectivity index (χ0n) is 17.8. The number of rotatable bonds is 7. The first kappa shape index (κ1) is 19.7. The summed E-state index contributed by atoms with van der Waals surface area (Å²) in [6.45, 7) is 3.84. The number of nitrogens with zero attached hydrogens (tertiary/aromatic N) is 4. The normalized spacial score (nSPS) is 21.5. The van der Waals surface area contributed by atoms with Gasteiger partial charge in [-0.1, -0.05) is 24.6 Å². The molecule has 0 saturated carbocycles. The van der Waals surface area contributed by atoms with Crippen LogP contribution in [0.3, 0.4) is 0 Å². The second-order valence-corrected chi connectivity index (χ2v) is 8.92. The molecule has 5 rings (SSSR count). The van der Waals surface area contributed by atoms with Crippen LogP contribution in [-0.4, -0.2) is 32.5 Å². The van der Waals surface area contributed by atoms with Crippen molar-refractivity contribution >= 4 is 11.0 Å². The van der Waals surface area contributed by atoms with E-state index in [0.717, 1.165) is 50.5 Å². The Morgan fingerprint density at radius 2 is 1.97 bits per heavy atom. The molecule has 0 unspecified atom stereocenters. The molecule has 1 saturated heterocycles. The molecule has 3 heterocycles. The molecular weight excluding hydrogens is 370 g/mol. The number of likely N-dealkylation sites (tertiary alicyclic amines) is 1. The van der Waals surface area contributed by atoms with E-state index in [0.29, 0.717) is 6.04 Å². The topological polar surface area (TPSA) is 60.0 Å². The molecule has 0 spiro atoms. The van der Waals surface area contributed by atoms with Crippen LogP contribution in [0, 0.1) is 5.92 Å². The van der Waals surface area contributed by atoms with Crippen LogP contribution < -0.4 is 5.73 Å². The first-order valence-corrected chi connectivity index (χ1v) is 11.7. The molecule has 0 bridgehead atoms. The van der Waals surface area contributed by atoms with Crippen LogP contribution >= 0.6 is 0 Å². The van der Waals surface area contributed by atoms with Gasteiger partial charge in [0, 0.05) is 12.7 Å². The quantitative estimate of drug-likeness (QED) is 0.592. The highest BCUT2D eigenvalue weighted by atomic mass is 15.2. The van der Waals surface area contributed by atoms with Crippen LogP contribution in [0.5, 0.6) is 0 Å². The Bertz CT molecular complexity index is 994. The molecular formula is C25H33N5. The zero-order valence-corrected chi connectivity index (χ0v) is 17.8. The number of pyridine rings is 1. The van der Waals surface area contributed by atoms with Gasteiger partial charge in [0.1, 0.15) is 5.82 Å². The summed E-state index contributed by atoms with van der Waals surface area (Å²) in [6, 6.07) is 13.4. The summed E-state index contributed by atoms with van der Waals surface area (Å²) in [7, 11) is 0. The van der Waals surface area contributed by atoms with Gasteiger partial charge in [-0.25, -0.2) is 4.98 Å².